The van der Waals surface area contributed by atoms with Gasteiger partial charge in [0.2, 0.25) is 0 Å². The van der Waals surface area contributed by atoms with Gasteiger partial charge in [0.15, 0.2) is 0 Å². The Kier molecular flexibility index (Phi) is 4.84. The van der Waals surface area contributed by atoms with Crippen molar-refractivity contribution in [3.63, 3.8) is 0 Å². The van der Waals surface area contributed by atoms with Crippen LogP contribution in [0.15, 0.2) is 55.4 Å². The number of nitrogens with two attached hydrogens (primary N) is 1. The Balaban J connectivity index is 2.22. The van der Waals surface area contributed by atoms with Crippen molar-refractivity contribution in [1.82, 2.24) is 4.98 Å². The van der Waals surface area contributed by atoms with Crippen LogP contribution >= 0.6 is 43.6 Å². The van der Waals surface area contributed by atoms with Crippen LogP contribution in [0.5, 0.6) is 0 Å². The predicted molar refractivity (Wildman–Crippen MR) is 82.8 cm³/mol. The maximum Gasteiger partial charge on any atom is 0.101 e. The van der Waals surface area contributed by atoms with Crippen LogP contribution in [0.25, 0.3) is 0 Å². The molecule has 1 aromatic heterocycles. The highest BCUT2D eigenvalue weighted by Gasteiger charge is 2.06. The van der Waals surface area contributed by atoms with Crippen LogP contribution in [0.3, 0.4) is 0 Å². The number of hydrogen-bond acceptors (Lipinski definition) is 3. The van der Waals surface area contributed by atoms with Crippen LogP contribution in [-0.4, -0.2) is 4.98 Å². The SMILES string of the molecule is C[C@@H](N)c1ccc(Sc2ccc(Br)cn2)c(Br)c1. The van der Waals surface area contributed by atoms with Gasteiger partial charge >= 0.3 is 0 Å². The molecule has 0 spiro atoms. The van der Waals surface area contributed by atoms with Gasteiger partial charge in [0.1, 0.15) is 5.03 Å². The lowest BCUT2D eigenvalue weighted by molar-refractivity contribution is 0.815. The number of halogens is 2. The second-order valence-corrected chi connectivity index (χ2v) is 6.73. The zero-order valence-electron chi connectivity index (χ0n) is 9.73. The smallest absolute Gasteiger partial charge is 0.101 e. The quantitative estimate of drug-likeness (QED) is 0.823. The van der Waals surface area contributed by atoms with Gasteiger partial charge in [-0.15, -0.1) is 0 Å². The Morgan fingerprint density at radius 3 is 2.56 bits per heavy atom. The molecule has 0 aliphatic heterocycles. The summed E-state index contributed by atoms with van der Waals surface area (Å²) in [5.41, 5.74) is 6.98. The Morgan fingerprint density at radius 2 is 2.00 bits per heavy atom. The van der Waals surface area contributed by atoms with Crippen molar-refractivity contribution >= 4 is 43.6 Å². The molecular weight excluding hydrogens is 376 g/mol. The predicted octanol–water partition coefficient (Wildman–Crippen LogP) is 4.78. The average Bonchev–Trinajstić information content (AvgIpc) is 2.34. The monoisotopic (exact) mass is 386 g/mol. The van der Waals surface area contributed by atoms with Crippen LogP contribution < -0.4 is 5.73 Å². The van der Waals surface area contributed by atoms with Gasteiger partial charge in [0, 0.05) is 26.1 Å². The summed E-state index contributed by atoms with van der Waals surface area (Å²) in [5.74, 6) is 0. The van der Waals surface area contributed by atoms with E-state index in [9.17, 15) is 0 Å². The van der Waals surface area contributed by atoms with Crippen LogP contribution in [-0.2, 0) is 0 Å². The molecule has 0 saturated heterocycles. The molecule has 2 rings (SSSR count). The Bertz CT molecular complexity index is 541. The number of rotatable bonds is 3. The van der Waals surface area contributed by atoms with E-state index < -0.39 is 0 Å². The standard InChI is InChI=1S/C13H12Br2N2S/c1-8(16)9-2-4-12(11(15)6-9)18-13-5-3-10(14)7-17-13/h2-8H,16H2,1H3/t8-/m1/s1. The molecule has 0 radical (unpaired) electrons. The fraction of sp³-hybridized carbons (Fsp3) is 0.154. The Labute approximate surface area is 128 Å². The van der Waals surface area contributed by atoms with Crippen molar-refractivity contribution in [2.75, 3.05) is 0 Å². The van der Waals surface area contributed by atoms with E-state index in [1.807, 2.05) is 19.1 Å². The van der Waals surface area contributed by atoms with E-state index in [1.54, 1.807) is 18.0 Å². The maximum absolute atomic E-state index is 5.86. The highest BCUT2D eigenvalue weighted by Crippen LogP contribution is 2.34. The van der Waals surface area contributed by atoms with Gasteiger partial charge < -0.3 is 5.73 Å². The largest absolute Gasteiger partial charge is 0.324 e. The minimum absolute atomic E-state index is 0.0474. The molecule has 0 aliphatic rings. The zero-order chi connectivity index (χ0) is 13.1. The number of aromatic nitrogens is 1. The summed E-state index contributed by atoms with van der Waals surface area (Å²) in [7, 11) is 0. The summed E-state index contributed by atoms with van der Waals surface area (Å²) in [4.78, 5) is 5.48. The Hall–Kier alpha value is -0.360. The van der Waals surface area contributed by atoms with Crippen LogP contribution in [0.1, 0.15) is 18.5 Å². The van der Waals surface area contributed by atoms with Crippen molar-refractivity contribution in [1.29, 1.82) is 0 Å². The molecule has 0 amide bonds. The molecule has 0 aliphatic carbocycles. The first-order chi connectivity index (χ1) is 8.56. The van der Waals surface area contributed by atoms with Gasteiger partial charge in [-0.1, -0.05) is 17.8 Å². The lowest BCUT2D eigenvalue weighted by Gasteiger charge is -2.09. The molecule has 0 saturated carbocycles. The van der Waals surface area contributed by atoms with E-state index in [1.165, 1.54) is 0 Å². The van der Waals surface area contributed by atoms with E-state index in [-0.39, 0.29) is 6.04 Å². The number of benzene rings is 1. The van der Waals surface area contributed by atoms with E-state index >= 15 is 0 Å². The summed E-state index contributed by atoms with van der Waals surface area (Å²) >= 11 is 8.57. The molecule has 2 N–H and O–H groups in total. The average molecular weight is 388 g/mol. The summed E-state index contributed by atoms with van der Waals surface area (Å²) in [6.45, 7) is 1.98. The first kappa shape index (κ1) is 14.1. The molecule has 0 bridgehead atoms. The summed E-state index contributed by atoms with van der Waals surface area (Å²) < 4.78 is 2.03. The molecule has 1 atom stereocenters. The number of pyridine rings is 1. The third-order valence-electron chi connectivity index (χ3n) is 2.40. The first-order valence-corrected chi connectivity index (χ1v) is 7.81. The van der Waals surface area contributed by atoms with E-state index in [2.05, 4.69) is 55.0 Å². The highest BCUT2D eigenvalue weighted by atomic mass is 79.9. The molecule has 0 unspecified atom stereocenters. The normalized spacial score (nSPS) is 12.4. The third-order valence-corrected chi connectivity index (χ3v) is 4.81. The van der Waals surface area contributed by atoms with Gasteiger partial charge in [-0.05, 0) is 68.6 Å². The summed E-state index contributed by atoms with van der Waals surface area (Å²) in [5, 5.41) is 0.965. The van der Waals surface area contributed by atoms with Crippen molar-refractivity contribution in [2.24, 2.45) is 5.73 Å². The minimum Gasteiger partial charge on any atom is -0.324 e. The molecular formula is C13H12Br2N2S. The van der Waals surface area contributed by atoms with Gasteiger partial charge in [-0.2, -0.15) is 0 Å². The van der Waals surface area contributed by atoms with E-state index in [4.69, 9.17) is 5.73 Å². The Morgan fingerprint density at radius 1 is 1.22 bits per heavy atom. The van der Waals surface area contributed by atoms with E-state index in [0.29, 0.717) is 0 Å². The van der Waals surface area contributed by atoms with Crippen molar-refractivity contribution < 1.29 is 0 Å². The third kappa shape index (κ3) is 3.57. The second-order valence-electron chi connectivity index (χ2n) is 3.90. The topological polar surface area (TPSA) is 38.9 Å². The molecule has 1 aromatic carbocycles. The zero-order valence-corrected chi connectivity index (χ0v) is 13.7. The molecule has 2 aromatic rings. The molecule has 0 fully saturated rings. The van der Waals surface area contributed by atoms with Crippen molar-refractivity contribution in [3.8, 4) is 0 Å². The molecule has 18 heavy (non-hydrogen) atoms. The van der Waals surface area contributed by atoms with Crippen molar-refractivity contribution in [3.05, 3.63) is 51.0 Å². The van der Waals surface area contributed by atoms with Crippen LogP contribution in [0.4, 0.5) is 0 Å². The molecule has 1 heterocycles. The van der Waals surface area contributed by atoms with E-state index in [0.717, 1.165) is 24.4 Å². The fourth-order valence-electron chi connectivity index (χ4n) is 1.42. The maximum atomic E-state index is 5.86. The van der Waals surface area contributed by atoms with Gasteiger partial charge in [0.25, 0.3) is 0 Å². The van der Waals surface area contributed by atoms with Crippen LogP contribution in [0, 0.1) is 0 Å². The van der Waals surface area contributed by atoms with Gasteiger partial charge in [-0.25, -0.2) is 4.98 Å². The highest BCUT2D eigenvalue weighted by molar-refractivity contribution is 9.10. The minimum atomic E-state index is 0.0474. The second kappa shape index (κ2) is 6.19. The summed E-state index contributed by atoms with van der Waals surface area (Å²) in [6.07, 6.45) is 1.80. The lowest BCUT2D eigenvalue weighted by Crippen LogP contribution is -2.04. The van der Waals surface area contributed by atoms with Crippen molar-refractivity contribution in [2.45, 2.75) is 22.9 Å². The molecule has 5 heteroatoms. The molecule has 94 valence electrons. The first-order valence-electron chi connectivity index (χ1n) is 5.40. The number of nitrogens with zero attached hydrogens (tertiary/aromatic N) is 1. The fourth-order valence-corrected chi connectivity index (χ4v) is 3.05. The lowest BCUT2D eigenvalue weighted by atomic mass is 10.1. The van der Waals surface area contributed by atoms with Gasteiger partial charge in [-0.3, -0.25) is 0 Å². The van der Waals surface area contributed by atoms with Gasteiger partial charge in [0.05, 0.1) is 0 Å². The summed E-state index contributed by atoms with van der Waals surface area (Å²) in [6, 6.07) is 10.2. The van der Waals surface area contributed by atoms with Crippen LogP contribution in [0.2, 0.25) is 0 Å². The molecule has 2 nitrogen and oxygen atoms in total. The number of hydrogen-bond donors (Lipinski definition) is 1.